The molecule has 0 aliphatic carbocycles. The Kier molecular flexibility index (Phi) is 3.73. The predicted molar refractivity (Wildman–Crippen MR) is 79.5 cm³/mol. The van der Waals surface area contributed by atoms with Gasteiger partial charge in [0.05, 0.1) is 10.7 Å². The van der Waals surface area contributed by atoms with Crippen molar-refractivity contribution in [2.75, 3.05) is 0 Å². The number of nitrogens with zero attached hydrogens (tertiary/aromatic N) is 2. The van der Waals surface area contributed by atoms with E-state index >= 15 is 0 Å². The van der Waals surface area contributed by atoms with Gasteiger partial charge in [-0.1, -0.05) is 0 Å². The van der Waals surface area contributed by atoms with Gasteiger partial charge in [0.1, 0.15) is 4.88 Å². The molecule has 1 aromatic rings. The van der Waals surface area contributed by atoms with Crippen molar-refractivity contribution in [3.8, 4) is 0 Å². The van der Waals surface area contributed by atoms with E-state index in [1.807, 2.05) is 18.7 Å². The molecule has 0 aromatic carbocycles. The van der Waals surface area contributed by atoms with Crippen LogP contribution in [0, 0.1) is 19.8 Å². The number of carboxylic acids is 1. The Bertz CT molecular complexity index is 569. The van der Waals surface area contributed by atoms with Gasteiger partial charge in [0.15, 0.2) is 0 Å². The standard InChI is InChI=1S/C15H20N2O3S/c1-8-14(21-9(2)16-8)15(20)17-11-3-4-12(17)6-10(5-11)7-13(18)19/h10-12H,3-7H2,1-2H3,(H,18,19). The second-order valence-corrected chi connectivity index (χ2v) is 7.38. The van der Waals surface area contributed by atoms with Gasteiger partial charge in [-0.05, 0) is 45.4 Å². The van der Waals surface area contributed by atoms with Crippen LogP contribution in [-0.2, 0) is 4.79 Å². The topological polar surface area (TPSA) is 70.5 Å². The van der Waals surface area contributed by atoms with Gasteiger partial charge in [-0.25, -0.2) is 4.98 Å². The Labute approximate surface area is 128 Å². The van der Waals surface area contributed by atoms with Crippen LogP contribution in [0.1, 0.15) is 52.5 Å². The van der Waals surface area contributed by atoms with E-state index in [0.717, 1.165) is 41.3 Å². The number of carboxylic acid groups (broad SMARTS) is 1. The number of hydrogen-bond acceptors (Lipinski definition) is 4. The van der Waals surface area contributed by atoms with Crippen LogP contribution < -0.4 is 0 Å². The predicted octanol–water partition coefficient (Wildman–Crippen LogP) is 2.62. The van der Waals surface area contributed by atoms with Crippen LogP contribution in [0.5, 0.6) is 0 Å². The summed E-state index contributed by atoms with van der Waals surface area (Å²) in [6, 6.07) is 0.421. The van der Waals surface area contributed by atoms with Crippen molar-refractivity contribution in [1.29, 1.82) is 0 Å². The zero-order valence-corrected chi connectivity index (χ0v) is 13.2. The first-order valence-corrected chi connectivity index (χ1v) is 8.26. The Morgan fingerprint density at radius 2 is 1.90 bits per heavy atom. The number of hydrogen-bond donors (Lipinski definition) is 1. The molecule has 3 rings (SSSR count). The van der Waals surface area contributed by atoms with Crippen molar-refractivity contribution in [3.63, 3.8) is 0 Å². The lowest BCUT2D eigenvalue weighted by molar-refractivity contribution is -0.138. The number of carbonyl (C=O) groups is 2. The van der Waals surface area contributed by atoms with Crippen molar-refractivity contribution >= 4 is 23.2 Å². The molecule has 2 saturated heterocycles. The van der Waals surface area contributed by atoms with Crippen molar-refractivity contribution in [2.45, 2.75) is 58.0 Å². The highest BCUT2D eigenvalue weighted by atomic mass is 32.1. The normalized spacial score (nSPS) is 27.9. The number of aryl methyl sites for hydroxylation is 2. The van der Waals surface area contributed by atoms with E-state index in [-0.39, 0.29) is 30.3 Å². The van der Waals surface area contributed by atoms with Crippen molar-refractivity contribution in [3.05, 3.63) is 15.6 Å². The maximum absolute atomic E-state index is 12.8. The SMILES string of the molecule is Cc1nc(C)c(C(=O)N2C3CCC2CC(CC(=O)O)C3)s1. The first-order valence-electron chi connectivity index (χ1n) is 7.44. The Balaban J connectivity index is 1.77. The van der Waals surface area contributed by atoms with Crippen LogP contribution in [0.4, 0.5) is 0 Å². The van der Waals surface area contributed by atoms with Gasteiger partial charge < -0.3 is 10.0 Å². The van der Waals surface area contributed by atoms with Crippen LogP contribution in [0.25, 0.3) is 0 Å². The largest absolute Gasteiger partial charge is 0.481 e. The molecule has 2 atom stereocenters. The van der Waals surface area contributed by atoms with Crippen molar-refractivity contribution in [1.82, 2.24) is 9.88 Å². The lowest BCUT2D eigenvalue weighted by Crippen LogP contribution is -2.46. The summed E-state index contributed by atoms with van der Waals surface area (Å²) in [6.07, 6.45) is 3.89. The van der Waals surface area contributed by atoms with Crippen LogP contribution >= 0.6 is 11.3 Å². The summed E-state index contributed by atoms with van der Waals surface area (Å²) < 4.78 is 0. The first kappa shape index (κ1) is 14.5. The minimum atomic E-state index is -0.729. The summed E-state index contributed by atoms with van der Waals surface area (Å²) >= 11 is 1.46. The van der Waals surface area contributed by atoms with Gasteiger partial charge in [-0.15, -0.1) is 11.3 Å². The molecular weight excluding hydrogens is 288 g/mol. The number of aliphatic carboxylic acids is 1. The minimum absolute atomic E-state index is 0.0966. The van der Waals surface area contributed by atoms with Crippen LogP contribution in [0.2, 0.25) is 0 Å². The zero-order valence-electron chi connectivity index (χ0n) is 12.3. The third-order valence-electron chi connectivity index (χ3n) is 4.63. The van der Waals surface area contributed by atoms with E-state index in [2.05, 4.69) is 4.98 Å². The molecule has 2 aliphatic rings. The summed E-state index contributed by atoms with van der Waals surface area (Å²) in [5.74, 6) is -0.416. The second-order valence-electron chi connectivity index (χ2n) is 6.18. The molecule has 0 spiro atoms. The molecule has 2 aliphatic heterocycles. The average molecular weight is 308 g/mol. The highest BCUT2D eigenvalue weighted by Gasteiger charge is 2.44. The fraction of sp³-hybridized carbons (Fsp3) is 0.667. The van der Waals surface area contributed by atoms with Gasteiger partial charge in [-0.2, -0.15) is 0 Å². The smallest absolute Gasteiger partial charge is 0.303 e. The zero-order chi connectivity index (χ0) is 15.1. The molecule has 5 nitrogen and oxygen atoms in total. The minimum Gasteiger partial charge on any atom is -0.481 e. The summed E-state index contributed by atoms with van der Waals surface area (Å²) in [7, 11) is 0. The van der Waals surface area contributed by atoms with Crippen molar-refractivity contribution in [2.24, 2.45) is 5.92 Å². The molecule has 2 fully saturated rings. The maximum atomic E-state index is 12.8. The maximum Gasteiger partial charge on any atom is 0.303 e. The Morgan fingerprint density at radius 3 is 2.38 bits per heavy atom. The van der Waals surface area contributed by atoms with Gasteiger partial charge >= 0.3 is 5.97 Å². The lowest BCUT2D eigenvalue weighted by atomic mass is 9.88. The number of rotatable bonds is 3. The van der Waals surface area contributed by atoms with E-state index in [1.54, 1.807) is 0 Å². The lowest BCUT2D eigenvalue weighted by Gasteiger charge is -2.38. The van der Waals surface area contributed by atoms with E-state index in [1.165, 1.54) is 11.3 Å². The Morgan fingerprint density at radius 1 is 1.29 bits per heavy atom. The summed E-state index contributed by atoms with van der Waals surface area (Å²) in [6.45, 7) is 3.80. The first-order chi connectivity index (χ1) is 9.95. The molecule has 114 valence electrons. The quantitative estimate of drug-likeness (QED) is 0.932. The van der Waals surface area contributed by atoms with Gasteiger partial charge in [-0.3, -0.25) is 9.59 Å². The molecule has 1 N–H and O–H groups in total. The molecule has 0 radical (unpaired) electrons. The van der Waals surface area contributed by atoms with Gasteiger partial charge in [0.2, 0.25) is 0 Å². The fourth-order valence-corrected chi connectivity index (χ4v) is 4.75. The summed E-state index contributed by atoms with van der Waals surface area (Å²) in [5.41, 5.74) is 0.814. The number of aromatic nitrogens is 1. The van der Waals surface area contributed by atoms with Crippen molar-refractivity contribution < 1.29 is 14.7 Å². The van der Waals surface area contributed by atoms with E-state index in [4.69, 9.17) is 5.11 Å². The number of thiazole rings is 1. The molecule has 0 saturated carbocycles. The van der Waals surface area contributed by atoms with Crippen LogP contribution in [0.15, 0.2) is 0 Å². The van der Waals surface area contributed by atoms with E-state index in [0.29, 0.717) is 0 Å². The number of piperidine rings is 1. The van der Waals surface area contributed by atoms with Gasteiger partial charge in [0.25, 0.3) is 5.91 Å². The fourth-order valence-electron chi connectivity index (χ4n) is 3.88. The molecule has 6 heteroatoms. The molecule has 21 heavy (non-hydrogen) atoms. The molecule has 2 bridgehead atoms. The molecule has 1 aromatic heterocycles. The number of fused-ring (bicyclic) bond motifs is 2. The van der Waals surface area contributed by atoms with Gasteiger partial charge in [0, 0.05) is 18.5 Å². The molecule has 3 heterocycles. The number of carbonyl (C=O) groups excluding carboxylic acids is 1. The Hall–Kier alpha value is -1.43. The number of amides is 1. The third-order valence-corrected chi connectivity index (χ3v) is 5.69. The molecule has 2 unspecified atom stereocenters. The van der Waals surface area contributed by atoms with E-state index in [9.17, 15) is 9.59 Å². The van der Waals surface area contributed by atoms with E-state index < -0.39 is 5.97 Å². The molecule has 1 amide bonds. The van der Waals surface area contributed by atoms with Crippen LogP contribution in [0.3, 0.4) is 0 Å². The highest BCUT2D eigenvalue weighted by Crippen LogP contribution is 2.41. The monoisotopic (exact) mass is 308 g/mol. The third kappa shape index (κ3) is 2.69. The van der Waals surface area contributed by atoms with Crippen LogP contribution in [-0.4, -0.2) is 39.0 Å². The second kappa shape index (κ2) is 5.40. The summed E-state index contributed by atoms with van der Waals surface area (Å²) in [4.78, 5) is 30.8. The molecular formula is C15H20N2O3S. The summed E-state index contributed by atoms with van der Waals surface area (Å²) in [5, 5.41) is 9.88. The average Bonchev–Trinajstić information content (AvgIpc) is 2.85. The highest BCUT2D eigenvalue weighted by molar-refractivity contribution is 7.13.